The van der Waals surface area contributed by atoms with E-state index in [4.69, 9.17) is 14.2 Å². The van der Waals surface area contributed by atoms with Crippen LogP contribution >= 0.6 is 0 Å². The molecule has 0 aliphatic carbocycles. The highest BCUT2D eigenvalue weighted by Crippen LogP contribution is 2.31. The van der Waals surface area contributed by atoms with E-state index in [2.05, 4.69) is 12.2 Å². The van der Waals surface area contributed by atoms with Crippen molar-refractivity contribution in [1.29, 1.82) is 0 Å². The highest BCUT2D eigenvalue weighted by molar-refractivity contribution is 5.90. The maximum Gasteiger partial charge on any atom is 0.337 e. The Bertz CT molecular complexity index is 483. The third-order valence-electron chi connectivity index (χ3n) is 3.90. The largest absolute Gasteiger partial charge is 0.493 e. The molecule has 1 aliphatic heterocycles. The third kappa shape index (κ3) is 3.88. The van der Waals surface area contributed by atoms with Crippen LogP contribution in [0.4, 0.5) is 0 Å². The number of nitrogens with one attached hydrogen (secondary N) is 1. The highest BCUT2D eigenvalue weighted by atomic mass is 16.5. The molecule has 1 saturated heterocycles. The second-order valence-electron chi connectivity index (χ2n) is 5.29. The Morgan fingerprint density at radius 2 is 2.14 bits per heavy atom. The Morgan fingerprint density at radius 3 is 2.76 bits per heavy atom. The van der Waals surface area contributed by atoms with Crippen LogP contribution in [0.25, 0.3) is 0 Å². The fraction of sp³-hybridized carbons (Fsp3) is 0.562. The molecule has 5 nitrogen and oxygen atoms in total. The predicted octanol–water partition coefficient (Wildman–Crippen LogP) is 2.25. The van der Waals surface area contributed by atoms with Crippen molar-refractivity contribution in [2.45, 2.75) is 25.9 Å². The van der Waals surface area contributed by atoms with Gasteiger partial charge in [-0.25, -0.2) is 4.79 Å². The van der Waals surface area contributed by atoms with E-state index in [1.54, 1.807) is 25.3 Å². The van der Waals surface area contributed by atoms with Crippen LogP contribution in [0, 0.1) is 5.92 Å². The van der Waals surface area contributed by atoms with Crippen LogP contribution in [0.5, 0.6) is 11.5 Å². The molecule has 5 heteroatoms. The number of benzene rings is 1. The zero-order valence-electron chi connectivity index (χ0n) is 12.8. The number of piperidine rings is 1. The van der Waals surface area contributed by atoms with Crippen molar-refractivity contribution < 1.29 is 19.0 Å². The first-order valence-corrected chi connectivity index (χ1v) is 7.29. The fourth-order valence-electron chi connectivity index (χ4n) is 2.59. The normalized spacial score (nSPS) is 19.7. The Kier molecular flexibility index (Phi) is 5.44. The van der Waals surface area contributed by atoms with Crippen LogP contribution in [0.2, 0.25) is 0 Å². The first-order chi connectivity index (χ1) is 10.2. The fourth-order valence-corrected chi connectivity index (χ4v) is 2.59. The summed E-state index contributed by atoms with van der Waals surface area (Å²) in [7, 11) is 2.95. The molecule has 0 saturated carbocycles. The zero-order chi connectivity index (χ0) is 15.2. The van der Waals surface area contributed by atoms with Gasteiger partial charge in [0.25, 0.3) is 0 Å². The summed E-state index contributed by atoms with van der Waals surface area (Å²) in [6.07, 6.45) is 2.37. The summed E-state index contributed by atoms with van der Waals surface area (Å²) in [5, 5.41) is 3.38. The average Bonchev–Trinajstić information content (AvgIpc) is 2.54. The number of hydrogen-bond acceptors (Lipinski definition) is 5. The third-order valence-corrected chi connectivity index (χ3v) is 3.90. The van der Waals surface area contributed by atoms with Gasteiger partial charge in [0.15, 0.2) is 11.5 Å². The van der Waals surface area contributed by atoms with E-state index in [9.17, 15) is 4.79 Å². The van der Waals surface area contributed by atoms with Crippen molar-refractivity contribution in [3.63, 3.8) is 0 Å². The lowest BCUT2D eigenvalue weighted by Gasteiger charge is -2.29. The van der Waals surface area contributed by atoms with Gasteiger partial charge in [-0.05, 0) is 44.5 Å². The van der Waals surface area contributed by atoms with Gasteiger partial charge in [0.1, 0.15) is 6.10 Å². The molecule has 0 spiro atoms. The highest BCUT2D eigenvalue weighted by Gasteiger charge is 2.23. The van der Waals surface area contributed by atoms with Gasteiger partial charge in [-0.15, -0.1) is 0 Å². The topological polar surface area (TPSA) is 56.8 Å². The molecule has 1 N–H and O–H groups in total. The predicted molar refractivity (Wildman–Crippen MR) is 80.0 cm³/mol. The summed E-state index contributed by atoms with van der Waals surface area (Å²) in [5.41, 5.74) is 0.460. The molecule has 0 amide bonds. The van der Waals surface area contributed by atoms with E-state index in [1.807, 2.05) is 0 Å². The molecule has 0 bridgehead atoms. The van der Waals surface area contributed by atoms with Gasteiger partial charge in [-0.2, -0.15) is 0 Å². The smallest absolute Gasteiger partial charge is 0.337 e. The van der Waals surface area contributed by atoms with Gasteiger partial charge >= 0.3 is 5.97 Å². The molecule has 0 radical (unpaired) electrons. The summed E-state index contributed by atoms with van der Waals surface area (Å²) in [6.45, 7) is 4.09. The monoisotopic (exact) mass is 293 g/mol. The first kappa shape index (κ1) is 15.6. The molecule has 116 valence electrons. The van der Waals surface area contributed by atoms with Crippen LogP contribution in [0.3, 0.4) is 0 Å². The second-order valence-corrected chi connectivity index (χ2v) is 5.29. The Morgan fingerprint density at radius 1 is 1.33 bits per heavy atom. The van der Waals surface area contributed by atoms with Gasteiger partial charge < -0.3 is 19.5 Å². The van der Waals surface area contributed by atoms with E-state index in [0.717, 1.165) is 25.9 Å². The maximum absolute atomic E-state index is 11.6. The number of esters is 1. The van der Waals surface area contributed by atoms with Crippen molar-refractivity contribution in [3.05, 3.63) is 23.8 Å². The minimum Gasteiger partial charge on any atom is -0.493 e. The van der Waals surface area contributed by atoms with Gasteiger partial charge in [-0.1, -0.05) is 0 Å². The van der Waals surface area contributed by atoms with E-state index < -0.39 is 0 Å². The van der Waals surface area contributed by atoms with Crippen LogP contribution in [-0.4, -0.2) is 39.4 Å². The molecular weight excluding hydrogens is 270 g/mol. The summed E-state index contributed by atoms with van der Waals surface area (Å²) in [6, 6.07) is 5.08. The molecule has 2 atom stereocenters. The van der Waals surface area contributed by atoms with E-state index >= 15 is 0 Å². The maximum atomic E-state index is 11.6. The average molecular weight is 293 g/mol. The number of hydrogen-bond donors (Lipinski definition) is 1. The van der Waals surface area contributed by atoms with E-state index in [-0.39, 0.29) is 12.1 Å². The summed E-state index contributed by atoms with van der Waals surface area (Å²) < 4.78 is 16.1. The number of carbonyl (C=O) groups is 1. The quantitative estimate of drug-likeness (QED) is 0.844. The first-order valence-electron chi connectivity index (χ1n) is 7.29. The zero-order valence-corrected chi connectivity index (χ0v) is 12.8. The van der Waals surface area contributed by atoms with Crippen LogP contribution in [-0.2, 0) is 4.74 Å². The Hall–Kier alpha value is -1.75. The Balaban J connectivity index is 2.14. The molecule has 1 aliphatic rings. The molecule has 2 rings (SSSR count). The molecule has 2 unspecified atom stereocenters. The molecule has 1 heterocycles. The van der Waals surface area contributed by atoms with Crippen molar-refractivity contribution in [1.82, 2.24) is 5.32 Å². The van der Waals surface area contributed by atoms with Crippen molar-refractivity contribution in [2.24, 2.45) is 5.92 Å². The van der Waals surface area contributed by atoms with Gasteiger partial charge in [0.2, 0.25) is 0 Å². The minimum absolute atomic E-state index is 0.0552. The van der Waals surface area contributed by atoms with Crippen molar-refractivity contribution in [2.75, 3.05) is 27.3 Å². The molecule has 0 aromatic heterocycles. The number of methoxy groups -OCH3 is 2. The molecular formula is C16H23NO4. The minimum atomic E-state index is -0.380. The molecule has 1 aromatic carbocycles. The van der Waals surface area contributed by atoms with Gasteiger partial charge in [0.05, 0.1) is 19.8 Å². The second kappa shape index (κ2) is 7.31. The SMILES string of the molecule is COC(=O)c1ccc(OC)c(OC(C)C2CCCNC2)c1. The van der Waals surface area contributed by atoms with Gasteiger partial charge in [0, 0.05) is 12.5 Å². The lowest BCUT2D eigenvalue weighted by atomic mass is 9.94. The Labute approximate surface area is 125 Å². The van der Waals surface area contributed by atoms with Crippen LogP contribution in [0.15, 0.2) is 18.2 Å². The summed E-state index contributed by atoms with van der Waals surface area (Å²) >= 11 is 0. The van der Waals surface area contributed by atoms with E-state index in [0.29, 0.717) is 23.0 Å². The van der Waals surface area contributed by atoms with Gasteiger partial charge in [-0.3, -0.25) is 0 Å². The van der Waals surface area contributed by atoms with Crippen molar-refractivity contribution >= 4 is 5.97 Å². The number of rotatable bonds is 5. The van der Waals surface area contributed by atoms with Crippen LogP contribution in [0.1, 0.15) is 30.1 Å². The van der Waals surface area contributed by atoms with Crippen LogP contribution < -0.4 is 14.8 Å². The number of ether oxygens (including phenoxy) is 3. The van der Waals surface area contributed by atoms with E-state index in [1.165, 1.54) is 7.11 Å². The summed E-state index contributed by atoms with van der Waals surface area (Å²) in [5.74, 6) is 1.29. The molecule has 1 fully saturated rings. The lowest BCUT2D eigenvalue weighted by Crippen LogP contribution is -2.37. The lowest BCUT2D eigenvalue weighted by molar-refractivity contribution is 0.0599. The number of carbonyl (C=O) groups excluding carboxylic acids is 1. The molecule has 1 aromatic rings. The summed E-state index contributed by atoms with van der Waals surface area (Å²) in [4.78, 5) is 11.6. The van der Waals surface area contributed by atoms with Crippen molar-refractivity contribution in [3.8, 4) is 11.5 Å². The molecule has 21 heavy (non-hydrogen) atoms. The standard InChI is InChI=1S/C16H23NO4/c1-11(13-5-4-8-17-10-13)21-15-9-12(16(18)20-3)6-7-14(15)19-2/h6-7,9,11,13,17H,4-5,8,10H2,1-3H3.